The minimum absolute atomic E-state index is 0.0228. The molecule has 2 N–H and O–H groups in total. The number of aryl methyl sites for hydroxylation is 1. The molecule has 0 aliphatic rings. The smallest absolute Gasteiger partial charge is 0.337 e. The van der Waals surface area contributed by atoms with Crippen LogP contribution in [0.25, 0.3) is 0 Å². The molecule has 0 aliphatic carbocycles. The van der Waals surface area contributed by atoms with Gasteiger partial charge >= 0.3 is 5.97 Å². The molecule has 98 valence electrons. The molecule has 1 heterocycles. The van der Waals surface area contributed by atoms with E-state index in [-0.39, 0.29) is 16.9 Å². The minimum Gasteiger partial charge on any atom is -0.478 e. The number of benzene rings is 1. The van der Waals surface area contributed by atoms with Crippen molar-refractivity contribution in [2.24, 2.45) is 0 Å². The Kier molecular flexibility index (Phi) is 3.96. The highest BCUT2D eigenvalue weighted by molar-refractivity contribution is 9.10. The van der Waals surface area contributed by atoms with Crippen LogP contribution in [-0.2, 0) is 0 Å². The summed E-state index contributed by atoms with van der Waals surface area (Å²) in [6.45, 7) is 1.80. The van der Waals surface area contributed by atoms with Crippen LogP contribution < -0.4 is 5.32 Å². The van der Waals surface area contributed by atoms with Gasteiger partial charge in [-0.3, -0.25) is 4.79 Å². The summed E-state index contributed by atoms with van der Waals surface area (Å²) in [5.74, 6) is -1.53. The lowest BCUT2D eigenvalue weighted by atomic mass is 10.2. The molecule has 0 spiro atoms. The number of hydrogen-bond donors (Lipinski definition) is 2. The van der Waals surface area contributed by atoms with Crippen molar-refractivity contribution in [3.8, 4) is 0 Å². The second kappa shape index (κ2) is 5.50. The summed E-state index contributed by atoms with van der Waals surface area (Å²) in [5, 5.41) is 14.1. The van der Waals surface area contributed by atoms with E-state index >= 15 is 0 Å². The number of carbonyl (C=O) groups excluding carboxylic acids is 1. The Balaban J connectivity index is 2.28. The Morgan fingerprint density at radius 1 is 1.42 bits per heavy atom. The first-order chi connectivity index (χ1) is 8.97. The molecular formula is C12H9BrN2O3S. The molecule has 2 aromatic rings. The van der Waals surface area contributed by atoms with Gasteiger partial charge in [-0.1, -0.05) is 15.9 Å². The van der Waals surface area contributed by atoms with Gasteiger partial charge in [-0.15, -0.1) is 11.3 Å². The van der Waals surface area contributed by atoms with Crippen molar-refractivity contribution in [2.45, 2.75) is 6.92 Å². The molecule has 0 saturated heterocycles. The molecule has 19 heavy (non-hydrogen) atoms. The van der Waals surface area contributed by atoms with Gasteiger partial charge in [-0.25, -0.2) is 9.78 Å². The molecule has 0 unspecified atom stereocenters. The van der Waals surface area contributed by atoms with Crippen LogP contribution in [0.1, 0.15) is 25.9 Å². The summed E-state index contributed by atoms with van der Waals surface area (Å²) in [7, 11) is 0. The first-order valence-corrected chi connectivity index (χ1v) is 6.91. The Bertz CT molecular complexity index is 654. The van der Waals surface area contributed by atoms with E-state index in [9.17, 15) is 9.59 Å². The number of anilines is 1. The lowest BCUT2D eigenvalue weighted by Crippen LogP contribution is -2.15. The lowest BCUT2D eigenvalue weighted by molar-refractivity contribution is 0.0698. The minimum atomic E-state index is -1.11. The lowest BCUT2D eigenvalue weighted by Gasteiger charge is -2.07. The number of rotatable bonds is 3. The fourth-order valence-corrected chi connectivity index (χ4v) is 2.41. The SMILES string of the molecule is Cc1nc(C(=O)Nc2ccc(Br)cc2C(=O)O)cs1. The van der Waals surface area contributed by atoms with Crippen LogP contribution in [0.3, 0.4) is 0 Å². The molecule has 2 rings (SSSR count). The number of halogens is 1. The molecule has 5 nitrogen and oxygen atoms in total. The number of amides is 1. The summed E-state index contributed by atoms with van der Waals surface area (Å²) in [6, 6.07) is 4.63. The summed E-state index contributed by atoms with van der Waals surface area (Å²) < 4.78 is 0.632. The molecule has 0 radical (unpaired) electrons. The standard InChI is InChI=1S/C12H9BrN2O3S/c1-6-14-10(5-19-6)11(16)15-9-3-2-7(13)4-8(9)12(17)18/h2-5H,1H3,(H,15,16)(H,17,18). The fraction of sp³-hybridized carbons (Fsp3) is 0.0833. The topological polar surface area (TPSA) is 79.3 Å². The number of carboxylic acid groups (broad SMARTS) is 1. The van der Waals surface area contributed by atoms with Crippen LogP contribution in [0.5, 0.6) is 0 Å². The molecule has 1 aromatic heterocycles. The van der Waals surface area contributed by atoms with Crippen molar-refractivity contribution >= 4 is 44.8 Å². The molecular weight excluding hydrogens is 332 g/mol. The van der Waals surface area contributed by atoms with Gasteiger partial charge < -0.3 is 10.4 Å². The fourth-order valence-electron chi connectivity index (χ4n) is 1.46. The summed E-state index contributed by atoms with van der Waals surface area (Å²) in [6.07, 6.45) is 0. The van der Waals surface area contributed by atoms with Gasteiger partial charge in [0.05, 0.1) is 16.3 Å². The zero-order valence-corrected chi connectivity index (χ0v) is 12.2. The number of nitrogens with one attached hydrogen (secondary N) is 1. The van der Waals surface area contributed by atoms with Crippen LogP contribution >= 0.6 is 27.3 Å². The number of nitrogens with zero attached hydrogens (tertiary/aromatic N) is 1. The van der Waals surface area contributed by atoms with Crippen molar-refractivity contribution in [3.05, 3.63) is 44.3 Å². The molecule has 0 aliphatic heterocycles. The molecule has 7 heteroatoms. The van der Waals surface area contributed by atoms with E-state index in [1.807, 2.05) is 0 Å². The molecule has 0 fully saturated rings. The van der Waals surface area contributed by atoms with Gasteiger partial charge in [0.15, 0.2) is 0 Å². The number of aromatic nitrogens is 1. The maximum absolute atomic E-state index is 11.9. The third-order valence-electron chi connectivity index (χ3n) is 2.31. The van der Waals surface area contributed by atoms with E-state index in [1.165, 1.54) is 23.5 Å². The quantitative estimate of drug-likeness (QED) is 0.899. The van der Waals surface area contributed by atoms with E-state index in [2.05, 4.69) is 26.2 Å². The molecule has 1 amide bonds. The molecule has 0 bridgehead atoms. The highest BCUT2D eigenvalue weighted by Gasteiger charge is 2.15. The summed E-state index contributed by atoms with van der Waals surface area (Å²) in [5.41, 5.74) is 0.544. The largest absolute Gasteiger partial charge is 0.478 e. The van der Waals surface area contributed by atoms with Crippen LogP contribution in [0, 0.1) is 6.92 Å². The monoisotopic (exact) mass is 340 g/mol. The first-order valence-electron chi connectivity index (χ1n) is 5.23. The van der Waals surface area contributed by atoms with Crippen LogP contribution in [0.4, 0.5) is 5.69 Å². The van der Waals surface area contributed by atoms with Gasteiger partial charge in [-0.2, -0.15) is 0 Å². The van der Waals surface area contributed by atoms with Gasteiger partial charge in [0.2, 0.25) is 0 Å². The molecule has 0 saturated carbocycles. The predicted molar refractivity (Wildman–Crippen MR) is 75.9 cm³/mol. The van der Waals surface area contributed by atoms with E-state index < -0.39 is 11.9 Å². The second-order valence-electron chi connectivity index (χ2n) is 3.70. The third-order valence-corrected chi connectivity index (χ3v) is 3.58. The number of carbonyl (C=O) groups is 2. The number of hydrogen-bond acceptors (Lipinski definition) is 4. The molecule has 1 aromatic carbocycles. The van der Waals surface area contributed by atoms with Gasteiger partial charge in [0.25, 0.3) is 5.91 Å². The molecule has 0 atom stereocenters. The van der Waals surface area contributed by atoms with E-state index in [0.29, 0.717) is 4.47 Å². The van der Waals surface area contributed by atoms with E-state index in [4.69, 9.17) is 5.11 Å². The summed E-state index contributed by atoms with van der Waals surface area (Å²) in [4.78, 5) is 27.1. The number of aromatic carboxylic acids is 1. The Hall–Kier alpha value is -1.73. The first kappa shape index (κ1) is 13.7. The zero-order chi connectivity index (χ0) is 14.0. The highest BCUT2D eigenvalue weighted by Crippen LogP contribution is 2.22. The normalized spacial score (nSPS) is 10.2. The van der Waals surface area contributed by atoms with E-state index in [0.717, 1.165) is 5.01 Å². The average Bonchev–Trinajstić information content (AvgIpc) is 2.78. The van der Waals surface area contributed by atoms with Crippen molar-refractivity contribution < 1.29 is 14.7 Å². The number of carboxylic acids is 1. The van der Waals surface area contributed by atoms with Crippen molar-refractivity contribution in [2.75, 3.05) is 5.32 Å². The average molecular weight is 341 g/mol. The number of thiazole rings is 1. The third kappa shape index (κ3) is 3.18. The Morgan fingerprint density at radius 2 is 2.16 bits per heavy atom. The van der Waals surface area contributed by atoms with Crippen LogP contribution in [-0.4, -0.2) is 22.0 Å². The predicted octanol–water partition coefficient (Wildman–Crippen LogP) is 3.16. The van der Waals surface area contributed by atoms with Gasteiger partial charge in [0.1, 0.15) is 5.69 Å². The maximum atomic E-state index is 11.9. The van der Waals surface area contributed by atoms with Crippen molar-refractivity contribution in [3.63, 3.8) is 0 Å². The summed E-state index contributed by atoms with van der Waals surface area (Å²) >= 11 is 4.55. The van der Waals surface area contributed by atoms with Crippen molar-refractivity contribution in [1.82, 2.24) is 4.98 Å². The van der Waals surface area contributed by atoms with Crippen molar-refractivity contribution in [1.29, 1.82) is 0 Å². The highest BCUT2D eigenvalue weighted by atomic mass is 79.9. The zero-order valence-electron chi connectivity index (χ0n) is 9.81. The van der Waals surface area contributed by atoms with Crippen LogP contribution in [0.2, 0.25) is 0 Å². The Labute approximate surface area is 121 Å². The van der Waals surface area contributed by atoms with E-state index in [1.54, 1.807) is 18.4 Å². The van der Waals surface area contributed by atoms with Gasteiger partial charge in [0, 0.05) is 9.85 Å². The van der Waals surface area contributed by atoms with Gasteiger partial charge in [-0.05, 0) is 25.1 Å². The maximum Gasteiger partial charge on any atom is 0.337 e. The Morgan fingerprint density at radius 3 is 2.74 bits per heavy atom. The second-order valence-corrected chi connectivity index (χ2v) is 5.68. The van der Waals surface area contributed by atoms with Crippen LogP contribution in [0.15, 0.2) is 28.1 Å².